The van der Waals surface area contributed by atoms with E-state index >= 15 is 0 Å². The van der Waals surface area contributed by atoms with Crippen LogP contribution in [0.1, 0.15) is 39.3 Å². The van der Waals surface area contributed by atoms with Crippen molar-refractivity contribution >= 4 is 5.82 Å². The van der Waals surface area contributed by atoms with Crippen molar-refractivity contribution in [2.24, 2.45) is 5.92 Å². The maximum Gasteiger partial charge on any atom is 0.180 e. The second kappa shape index (κ2) is 8.39. The zero-order chi connectivity index (χ0) is 17.6. The normalized spacial score (nSPS) is 16.3. The molecule has 1 N–H and O–H groups in total. The molecule has 1 aliphatic heterocycles. The van der Waals surface area contributed by atoms with E-state index in [1.54, 1.807) is 6.20 Å². The van der Waals surface area contributed by atoms with Crippen molar-refractivity contribution in [2.45, 2.75) is 46.1 Å². The van der Waals surface area contributed by atoms with Crippen LogP contribution in [0.5, 0.6) is 0 Å². The first-order chi connectivity index (χ1) is 12.1. The van der Waals surface area contributed by atoms with Crippen molar-refractivity contribution < 1.29 is 0 Å². The molecule has 3 rings (SSSR count). The van der Waals surface area contributed by atoms with Crippen molar-refractivity contribution in [3.8, 4) is 11.5 Å². The average molecular weight is 339 g/mol. The fourth-order valence-corrected chi connectivity index (χ4v) is 3.35. The number of piperidine rings is 1. The zero-order valence-corrected chi connectivity index (χ0v) is 15.6. The third-order valence-corrected chi connectivity index (χ3v) is 4.60. The molecule has 5 heteroatoms. The van der Waals surface area contributed by atoms with Gasteiger partial charge in [-0.25, -0.2) is 9.97 Å². The summed E-state index contributed by atoms with van der Waals surface area (Å²) in [5.41, 5.74) is 1.88. The van der Waals surface area contributed by atoms with Crippen molar-refractivity contribution in [3.05, 3.63) is 36.2 Å². The molecule has 1 saturated heterocycles. The Balaban J connectivity index is 1.68. The van der Waals surface area contributed by atoms with Crippen LogP contribution in [0.3, 0.4) is 0 Å². The average Bonchev–Trinajstić information content (AvgIpc) is 2.63. The zero-order valence-electron chi connectivity index (χ0n) is 15.6. The molecule has 0 unspecified atom stereocenters. The number of rotatable bonds is 6. The summed E-state index contributed by atoms with van der Waals surface area (Å²) in [7, 11) is 0. The third-order valence-electron chi connectivity index (χ3n) is 4.60. The van der Waals surface area contributed by atoms with E-state index in [0.29, 0.717) is 11.9 Å². The Kier molecular flexibility index (Phi) is 5.97. The Morgan fingerprint density at radius 1 is 1.20 bits per heavy atom. The van der Waals surface area contributed by atoms with Crippen LogP contribution in [0.4, 0.5) is 5.82 Å². The standard InChI is InChI=1S/C20H29N5/c1-4-16-13-19(24-20(23-16)18-7-5-6-10-21-18)22-17-8-11-25(12-9-17)14-15(2)3/h5-7,10,13,15,17H,4,8-9,11-12,14H2,1-3H3,(H,22,23,24). The van der Waals surface area contributed by atoms with Gasteiger partial charge in [-0.15, -0.1) is 0 Å². The molecule has 2 aromatic rings. The Labute approximate surface area is 150 Å². The topological polar surface area (TPSA) is 53.9 Å². The minimum absolute atomic E-state index is 0.486. The van der Waals surface area contributed by atoms with Crippen LogP contribution in [-0.4, -0.2) is 45.5 Å². The van der Waals surface area contributed by atoms with Crippen molar-refractivity contribution in [1.82, 2.24) is 19.9 Å². The van der Waals surface area contributed by atoms with E-state index in [1.165, 1.54) is 6.54 Å². The molecular formula is C20H29N5. The molecule has 3 heterocycles. The number of anilines is 1. The number of pyridine rings is 1. The Morgan fingerprint density at radius 2 is 2.00 bits per heavy atom. The van der Waals surface area contributed by atoms with Gasteiger partial charge in [0.15, 0.2) is 5.82 Å². The van der Waals surface area contributed by atoms with Crippen LogP contribution in [-0.2, 0) is 6.42 Å². The first-order valence-electron chi connectivity index (χ1n) is 9.42. The van der Waals surface area contributed by atoms with Crippen LogP contribution >= 0.6 is 0 Å². The lowest BCUT2D eigenvalue weighted by atomic mass is 10.0. The number of aryl methyl sites for hydroxylation is 1. The summed E-state index contributed by atoms with van der Waals surface area (Å²) in [6, 6.07) is 8.41. The van der Waals surface area contributed by atoms with Crippen molar-refractivity contribution in [1.29, 1.82) is 0 Å². The van der Waals surface area contributed by atoms with E-state index in [-0.39, 0.29) is 0 Å². The molecule has 2 aromatic heterocycles. The van der Waals surface area contributed by atoms with Crippen LogP contribution < -0.4 is 5.32 Å². The van der Waals surface area contributed by atoms with Gasteiger partial charge in [0.25, 0.3) is 0 Å². The molecule has 5 nitrogen and oxygen atoms in total. The Morgan fingerprint density at radius 3 is 2.64 bits per heavy atom. The van der Waals surface area contributed by atoms with Crippen LogP contribution in [0.15, 0.2) is 30.5 Å². The van der Waals surface area contributed by atoms with Crippen LogP contribution in [0.2, 0.25) is 0 Å². The lowest BCUT2D eigenvalue weighted by Crippen LogP contribution is -2.40. The number of aromatic nitrogens is 3. The molecule has 1 fully saturated rings. The predicted octanol–water partition coefficient (Wildman–Crippen LogP) is 3.63. The highest BCUT2D eigenvalue weighted by Gasteiger charge is 2.20. The molecule has 0 saturated carbocycles. The molecular weight excluding hydrogens is 310 g/mol. The summed E-state index contributed by atoms with van der Waals surface area (Å²) >= 11 is 0. The van der Waals surface area contributed by atoms with E-state index in [9.17, 15) is 0 Å². The molecule has 0 amide bonds. The third kappa shape index (κ3) is 4.98. The highest BCUT2D eigenvalue weighted by molar-refractivity contribution is 5.53. The van der Waals surface area contributed by atoms with E-state index in [2.05, 4.69) is 47.0 Å². The molecule has 134 valence electrons. The predicted molar refractivity (Wildman–Crippen MR) is 103 cm³/mol. The van der Waals surface area contributed by atoms with Crippen LogP contribution in [0, 0.1) is 5.92 Å². The van der Waals surface area contributed by atoms with Crippen molar-refractivity contribution in [2.75, 3.05) is 25.0 Å². The second-order valence-corrected chi connectivity index (χ2v) is 7.25. The SMILES string of the molecule is CCc1cc(NC2CCN(CC(C)C)CC2)nc(-c2ccccn2)n1. The van der Waals surface area contributed by atoms with E-state index in [0.717, 1.165) is 55.5 Å². The lowest BCUT2D eigenvalue weighted by Gasteiger charge is -2.33. The van der Waals surface area contributed by atoms with Gasteiger partial charge in [0.2, 0.25) is 0 Å². The largest absolute Gasteiger partial charge is 0.367 e. The van der Waals surface area contributed by atoms with Gasteiger partial charge in [-0.3, -0.25) is 4.98 Å². The quantitative estimate of drug-likeness (QED) is 0.871. The number of hydrogen-bond acceptors (Lipinski definition) is 5. The van der Waals surface area contributed by atoms with Gasteiger partial charge < -0.3 is 10.2 Å². The first kappa shape index (κ1) is 17.8. The second-order valence-electron chi connectivity index (χ2n) is 7.25. The monoisotopic (exact) mass is 339 g/mol. The fourth-order valence-electron chi connectivity index (χ4n) is 3.35. The number of nitrogens with one attached hydrogen (secondary N) is 1. The number of nitrogens with zero attached hydrogens (tertiary/aromatic N) is 4. The van der Waals surface area contributed by atoms with Gasteiger partial charge in [0.05, 0.1) is 0 Å². The molecule has 0 radical (unpaired) electrons. The Hall–Kier alpha value is -2.01. The first-order valence-corrected chi connectivity index (χ1v) is 9.42. The van der Waals surface area contributed by atoms with Gasteiger partial charge in [-0.05, 0) is 37.3 Å². The summed E-state index contributed by atoms with van der Waals surface area (Å²) in [6.07, 6.45) is 5.01. The minimum Gasteiger partial charge on any atom is -0.367 e. The smallest absolute Gasteiger partial charge is 0.180 e. The molecule has 1 aliphatic rings. The molecule has 0 aliphatic carbocycles. The summed E-state index contributed by atoms with van der Waals surface area (Å²) < 4.78 is 0. The van der Waals surface area contributed by atoms with E-state index in [4.69, 9.17) is 4.98 Å². The molecule has 0 bridgehead atoms. The van der Waals surface area contributed by atoms with Crippen LogP contribution in [0.25, 0.3) is 11.5 Å². The summed E-state index contributed by atoms with van der Waals surface area (Å²) in [5.74, 6) is 2.37. The number of likely N-dealkylation sites (tertiary alicyclic amines) is 1. The van der Waals surface area contributed by atoms with Gasteiger partial charge in [0.1, 0.15) is 11.5 Å². The number of hydrogen-bond donors (Lipinski definition) is 1. The van der Waals surface area contributed by atoms with Crippen molar-refractivity contribution in [3.63, 3.8) is 0 Å². The summed E-state index contributed by atoms with van der Waals surface area (Å²) in [4.78, 5) is 16.3. The molecule has 0 aromatic carbocycles. The van der Waals surface area contributed by atoms with Gasteiger partial charge in [-0.1, -0.05) is 26.8 Å². The maximum atomic E-state index is 4.71. The van der Waals surface area contributed by atoms with Gasteiger partial charge in [-0.2, -0.15) is 0 Å². The van der Waals surface area contributed by atoms with Gasteiger partial charge >= 0.3 is 0 Å². The molecule has 0 atom stereocenters. The Bertz CT molecular complexity index is 663. The fraction of sp³-hybridized carbons (Fsp3) is 0.550. The summed E-state index contributed by atoms with van der Waals surface area (Å²) in [6.45, 7) is 10.2. The van der Waals surface area contributed by atoms with Gasteiger partial charge in [0, 0.05) is 43.6 Å². The molecule has 0 spiro atoms. The van der Waals surface area contributed by atoms with E-state index < -0.39 is 0 Å². The lowest BCUT2D eigenvalue weighted by molar-refractivity contribution is 0.198. The minimum atomic E-state index is 0.486. The molecule has 25 heavy (non-hydrogen) atoms. The maximum absolute atomic E-state index is 4.71. The highest BCUT2D eigenvalue weighted by atomic mass is 15.2. The highest BCUT2D eigenvalue weighted by Crippen LogP contribution is 2.20. The summed E-state index contributed by atoms with van der Waals surface area (Å²) in [5, 5.41) is 3.63. The van der Waals surface area contributed by atoms with E-state index in [1.807, 2.05) is 18.2 Å².